The number of halogens is 2. The van der Waals surface area contributed by atoms with E-state index in [-0.39, 0.29) is 12.0 Å². The van der Waals surface area contributed by atoms with E-state index in [0.29, 0.717) is 22.2 Å². The summed E-state index contributed by atoms with van der Waals surface area (Å²) in [6, 6.07) is 12.4. The Hall–Kier alpha value is -1.71. The van der Waals surface area contributed by atoms with Crippen molar-refractivity contribution in [3.63, 3.8) is 0 Å². The lowest BCUT2D eigenvalue weighted by atomic mass is 10.2. The van der Waals surface area contributed by atoms with Gasteiger partial charge in [-0.05, 0) is 49.7 Å². The summed E-state index contributed by atoms with van der Waals surface area (Å²) in [5.74, 6) is 0.554. The number of rotatable bonds is 5. The molecule has 5 heteroatoms. The van der Waals surface area contributed by atoms with Crippen LogP contribution in [0, 0.1) is 0 Å². The second kappa shape index (κ2) is 7.52. The molecule has 0 atom stereocenters. The van der Waals surface area contributed by atoms with Crippen LogP contribution in [0.15, 0.2) is 42.5 Å². The minimum Gasteiger partial charge on any atom is -0.491 e. The zero-order valence-electron chi connectivity index (χ0n) is 12.4. The van der Waals surface area contributed by atoms with Crippen LogP contribution in [0.2, 0.25) is 10.0 Å². The summed E-state index contributed by atoms with van der Waals surface area (Å²) in [4.78, 5) is 12.1. The van der Waals surface area contributed by atoms with Crippen LogP contribution in [0.3, 0.4) is 0 Å². The minimum absolute atomic E-state index is 0.135. The van der Waals surface area contributed by atoms with E-state index in [1.165, 1.54) is 0 Å². The SMILES string of the molecule is CC(C)Oc1ccc(CNC(=O)c2cc(Cl)ccc2Cl)cc1. The highest BCUT2D eigenvalue weighted by Gasteiger charge is 2.10. The molecule has 2 aromatic carbocycles. The molecule has 0 unspecified atom stereocenters. The molecule has 116 valence electrons. The lowest BCUT2D eigenvalue weighted by molar-refractivity contribution is 0.0951. The van der Waals surface area contributed by atoms with E-state index < -0.39 is 0 Å². The Kier molecular flexibility index (Phi) is 5.69. The number of hydrogen-bond acceptors (Lipinski definition) is 2. The summed E-state index contributed by atoms with van der Waals surface area (Å²) in [7, 11) is 0. The van der Waals surface area contributed by atoms with Crippen molar-refractivity contribution < 1.29 is 9.53 Å². The largest absolute Gasteiger partial charge is 0.491 e. The first-order valence-electron chi connectivity index (χ1n) is 6.94. The first-order valence-corrected chi connectivity index (χ1v) is 7.70. The Balaban J connectivity index is 1.97. The molecule has 3 nitrogen and oxygen atoms in total. The Bertz CT molecular complexity index is 654. The van der Waals surface area contributed by atoms with Gasteiger partial charge in [-0.15, -0.1) is 0 Å². The lowest BCUT2D eigenvalue weighted by Gasteiger charge is -2.11. The van der Waals surface area contributed by atoms with Crippen LogP contribution in [-0.4, -0.2) is 12.0 Å². The number of carbonyl (C=O) groups excluding carboxylic acids is 1. The molecule has 0 bridgehead atoms. The van der Waals surface area contributed by atoms with Crippen molar-refractivity contribution in [3.05, 3.63) is 63.6 Å². The molecule has 0 saturated heterocycles. The van der Waals surface area contributed by atoms with E-state index in [4.69, 9.17) is 27.9 Å². The quantitative estimate of drug-likeness (QED) is 0.857. The molecule has 0 fully saturated rings. The standard InChI is InChI=1S/C17H17Cl2NO2/c1-11(2)22-14-6-3-12(4-7-14)10-20-17(21)15-9-13(18)5-8-16(15)19/h3-9,11H,10H2,1-2H3,(H,20,21). The monoisotopic (exact) mass is 337 g/mol. The van der Waals surface area contributed by atoms with Crippen LogP contribution in [-0.2, 0) is 6.54 Å². The second-order valence-electron chi connectivity index (χ2n) is 5.12. The topological polar surface area (TPSA) is 38.3 Å². The predicted molar refractivity (Wildman–Crippen MR) is 89.8 cm³/mol. The number of benzene rings is 2. The van der Waals surface area contributed by atoms with E-state index in [2.05, 4.69) is 5.32 Å². The Morgan fingerprint density at radius 3 is 2.45 bits per heavy atom. The van der Waals surface area contributed by atoms with Crippen molar-refractivity contribution in [2.24, 2.45) is 0 Å². The van der Waals surface area contributed by atoms with Crippen molar-refractivity contribution in [2.75, 3.05) is 0 Å². The number of ether oxygens (including phenoxy) is 1. The van der Waals surface area contributed by atoms with E-state index >= 15 is 0 Å². The summed E-state index contributed by atoms with van der Waals surface area (Å²) in [5, 5.41) is 3.67. The van der Waals surface area contributed by atoms with E-state index in [9.17, 15) is 4.79 Å². The summed E-state index contributed by atoms with van der Waals surface area (Å²) < 4.78 is 5.57. The molecule has 0 saturated carbocycles. The second-order valence-corrected chi connectivity index (χ2v) is 5.96. The molecule has 0 aliphatic carbocycles. The van der Waals surface area contributed by atoms with Crippen LogP contribution < -0.4 is 10.1 Å². The average Bonchev–Trinajstić information content (AvgIpc) is 2.48. The van der Waals surface area contributed by atoms with E-state index in [1.807, 2.05) is 38.1 Å². The number of hydrogen-bond donors (Lipinski definition) is 1. The maximum atomic E-state index is 12.1. The molecule has 0 radical (unpaired) electrons. The molecule has 0 aromatic heterocycles. The highest BCUT2D eigenvalue weighted by atomic mass is 35.5. The van der Waals surface area contributed by atoms with Gasteiger partial charge in [0.15, 0.2) is 0 Å². The normalized spacial score (nSPS) is 10.6. The first-order chi connectivity index (χ1) is 10.5. The van der Waals surface area contributed by atoms with Gasteiger partial charge in [-0.25, -0.2) is 0 Å². The summed E-state index contributed by atoms with van der Waals surface area (Å²) >= 11 is 11.9. The first kappa shape index (κ1) is 16.7. The van der Waals surface area contributed by atoms with Gasteiger partial charge in [-0.2, -0.15) is 0 Å². The van der Waals surface area contributed by atoms with E-state index in [1.54, 1.807) is 18.2 Å². The number of nitrogens with one attached hydrogen (secondary N) is 1. The molecular weight excluding hydrogens is 321 g/mol. The fourth-order valence-electron chi connectivity index (χ4n) is 1.91. The Morgan fingerprint density at radius 1 is 1.14 bits per heavy atom. The highest BCUT2D eigenvalue weighted by Crippen LogP contribution is 2.20. The van der Waals surface area contributed by atoms with Gasteiger partial charge in [0.25, 0.3) is 5.91 Å². The molecule has 0 spiro atoms. The summed E-state index contributed by atoms with van der Waals surface area (Å²) in [6.07, 6.45) is 0.135. The predicted octanol–water partition coefficient (Wildman–Crippen LogP) is 4.71. The Morgan fingerprint density at radius 2 is 1.82 bits per heavy atom. The maximum Gasteiger partial charge on any atom is 0.253 e. The summed E-state index contributed by atoms with van der Waals surface area (Å²) in [6.45, 7) is 4.36. The molecule has 0 heterocycles. The molecule has 1 amide bonds. The average molecular weight is 338 g/mol. The minimum atomic E-state index is -0.255. The fraction of sp³-hybridized carbons (Fsp3) is 0.235. The fourth-order valence-corrected chi connectivity index (χ4v) is 2.28. The number of carbonyl (C=O) groups is 1. The molecule has 2 aromatic rings. The molecule has 0 aliphatic heterocycles. The zero-order valence-corrected chi connectivity index (χ0v) is 13.9. The van der Waals surface area contributed by atoms with Crippen LogP contribution in [0.25, 0.3) is 0 Å². The third-order valence-electron chi connectivity index (χ3n) is 2.92. The van der Waals surface area contributed by atoms with Crippen molar-refractivity contribution >= 4 is 29.1 Å². The van der Waals surface area contributed by atoms with Gasteiger partial charge >= 0.3 is 0 Å². The molecular formula is C17H17Cl2NO2. The van der Waals surface area contributed by atoms with Gasteiger partial charge in [0.2, 0.25) is 0 Å². The smallest absolute Gasteiger partial charge is 0.253 e. The molecule has 22 heavy (non-hydrogen) atoms. The third-order valence-corrected chi connectivity index (χ3v) is 3.49. The van der Waals surface area contributed by atoms with Gasteiger partial charge in [-0.3, -0.25) is 4.79 Å². The van der Waals surface area contributed by atoms with Crippen LogP contribution >= 0.6 is 23.2 Å². The van der Waals surface area contributed by atoms with Crippen molar-refractivity contribution in [1.29, 1.82) is 0 Å². The molecule has 1 N–H and O–H groups in total. The van der Waals surface area contributed by atoms with Crippen molar-refractivity contribution in [3.8, 4) is 5.75 Å². The van der Waals surface area contributed by atoms with E-state index in [0.717, 1.165) is 11.3 Å². The van der Waals surface area contributed by atoms with Crippen molar-refractivity contribution in [2.45, 2.75) is 26.5 Å². The summed E-state index contributed by atoms with van der Waals surface area (Å²) in [5.41, 5.74) is 1.34. The van der Waals surface area contributed by atoms with Gasteiger partial charge in [0.1, 0.15) is 5.75 Å². The van der Waals surface area contributed by atoms with Gasteiger partial charge < -0.3 is 10.1 Å². The third kappa shape index (κ3) is 4.65. The van der Waals surface area contributed by atoms with Gasteiger partial charge in [-0.1, -0.05) is 35.3 Å². The Labute approximate surface area is 140 Å². The van der Waals surface area contributed by atoms with Gasteiger partial charge in [0, 0.05) is 11.6 Å². The molecule has 0 aliphatic rings. The lowest BCUT2D eigenvalue weighted by Crippen LogP contribution is -2.23. The zero-order chi connectivity index (χ0) is 16.1. The number of amides is 1. The highest BCUT2D eigenvalue weighted by molar-refractivity contribution is 6.35. The van der Waals surface area contributed by atoms with Crippen molar-refractivity contribution in [1.82, 2.24) is 5.32 Å². The van der Waals surface area contributed by atoms with Crippen LogP contribution in [0.5, 0.6) is 5.75 Å². The molecule has 2 rings (SSSR count). The maximum absolute atomic E-state index is 12.1. The van der Waals surface area contributed by atoms with Gasteiger partial charge in [0.05, 0.1) is 16.7 Å². The van der Waals surface area contributed by atoms with Crippen LogP contribution in [0.1, 0.15) is 29.8 Å². The van der Waals surface area contributed by atoms with Crippen LogP contribution in [0.4, 0.5) is 0 Å².